The molecule has 0 aromatic heterocycles. The molecule has 0 fully saturated rings. The lowest BCUT2D eigenvalue weighted by Gasteiger charge is -2.18. The molecule has 7 heteroatoms. The van der Waals surface area contributed by atoms with E-state index in [1.807, 2.05) is 0 Å². The van der Waals surface area contributed by atoms with Gasteiger partial charge >= 0.3 is 5.97 Å². The van der Waals surface area contributed by atoms with E-state index in [2.05, 4.69) is 21.2 Å². The monoisotopic (exact) mass is 363 g/mol. The highest BCUT2D eigenvalue weighted by molar-refractivity contribution is 9.10. The number of carbonyl (C=O) groups excluding carboxylic acids is 1. The number of amides is 1. The van der Waals surface area contributed by atoms with Crippen molar-refractivity contribution in [1.82, 2.24) is 5.32 Å². The van der Waals surface area contributed by atoms with Gasteiger partial charge in [-0.15, -0.1) is 0 Å². The second kappa shape index (κ2) is 7.50. The van der Waals surface area contributed by atoms with E-state index in [0.29, 0.717) is 21.7 Å². The Morgan fingerprint density at radius 2 is 2.15 bits per heavy atom. The molecule has 0 saturated carbocycles. The van der Waals surface area contributed by atoms with Crippen LogP contribution in [0.4, 0.5) is 0 Å². The van der Waals surface area contributed by atoms with Gasteiger partial charge in [0.2, 0.25) is 0 Å². The molecule has 0 saturated heterocycles. The lowest BCUT2D eigenvalue weighted by molar-refractivity contribution is -0.143. The van der Waals surface area contributed by atoms with Crippen LogP contribution in [0.3, 0.4) is 0 Å². The first-order chi connectivity index (χ1) is 9.35. The van der Waals surface area contributed by atoms with Crippen LogP contribution >= 0.6 is 27.5 Å². The van der Waals surface area contributed by atoms with Crippen molar-refractivity contribution in [3.8, 4) is 5.75 Å². The van der Waals surface area contributed by atoms with Crippen LogP contribution in [0.5, 0.6) is 5.75 Å². The molecular formula is C13H15BrClNO4. The second-order valence-corrected chi connectivity index (χ2v) is 5.43. The van der Waals surface area contributed by atoms with Gasteiger partial charge in [0.25, 0.3) is 5.91 Å². The number of carbonyl (C=O) groups is 2. The van der Waals surface area contributed by atoms with Crippen LogP contribution in [0.2, 0.25) is 5.02 Å². The van der Waals surface area contributed by atoms with Gasteiger partial charge in [-0.3, -0.25) is 4.79 Å². The Hall–Kier alpha value is -1.27. The van der Waals surface area contributed by atoms with Crippen molar-refractivity contribution >= 4 is 39.4 Å². The minimum absolute atomic E-state index is 0.304. The summed E-state index contributed by atoms with van der Waals surface area (Å²) in [5.74, 6) is -1.10. The van der Waals surface area contributed by atoms with Gasteiger partial charge in [0.05, 0.1) is 4.47 Å². The average molecular weight is 365 g/mol. The summed E-state index contributed by atoms with van der Waals surface area (Å²) >= 11 is 9.09. The van der Waals surface area contributed by atoms with E-state index in [4.69, 9.17) is 21.4 Å². The molecule has 0 aliphatic carbocycles. The van der Waals surface area contributed by atoms with Crippen LogP contribution in [0, 0.1) is 0 Å². The Labute approximate surface area is 130 Å². The maximum absolute atomic E-state index is 11.9. The molecule has 2 N–H and O–H groups in total. The summed E-state index contributed by atoms with van der Waals surface area (Å²) < 4.78 is 6.10. The fraction of sp³-hybridized carbons (Fsp3) is 0.385. The maximum atomic E-state index is 11.9. The largest absolute Gasteiger partial charge is 0.480 e. The summed E-state index contributed by atoms with van der Waals surface area (Å²) in [6.45, 7) is 3.23. The number of carboxylic acid groups (broad SMARTS) is 1. The molecule has 1 amide bonds. The van der Waals surface area contributed by atoms with Gasteiger partial charge in [-0.1, -0.05) is 18.5 Å². The van der Waals surface area contributed by atoms with Crippen LogP contribution in [0.15, 0.2) is 22.7 Å². The van der Waals surface area contributed by atoms with Crippen molar-refractivity contribution in [3.05, 3.63) is 27.7 Å². The molecule has 1 unspecified atom stereocenters. The smallest absolute Gasteiger partial charge is 0.326 e. The topological polar surface area (TPSA) is 75.6 Å². The summed E-state index contributed by atoms with van der Waals surface area (Å²) in [6, 6.07) is 4.00. The third-order valence-electron chi connectivity index (χ3n) is 2.59. The van der Waals surface area contributed by atoms with Gasteiger partial charge in [-0.05, 0) is 47.5 Å². The van der Waals surface area contributed by atoms with E-state index >= 15 is 0 Å². The number of hydrogen-bond donors (Lipinski definition) is 2. The van der Waals surface area contributed by atoms with Gasteiger partial charge in [0.1, 0.15) is 11.8 Å². The van der Waals surface area contributed by atoms with E-state index in [0.717, 1.165) is 0 Å². The zero-order valence-corrected chi connectivity index (χ0v) is 13.4. The SMILES string of the molecule is CC[C@H](NC(=O)C(C)Oc1ccc(Cl)cc1Br)C(=O)O. The molecule has 0 aliphatic rings. The van der Waals surface area contributed by atoms with E-state index in [1.165, 1.54) is 0 Å². The lowest BCUT2D eigenvalue weighted by atomic mass is 10.2. The fourth-order valence-electron chi connectivity index (χ4n) is 1.44. The third kappa shape index (κ3) is 4.68. The maximum Gasteiger partial charge on any atom is 0.326 e. The van der Waals surface area contributed by atoms with Crippen molar-refractivity contribution in [1.29, 1.82) is 0 Å². The Bertz CT molecular complexity index is 509. The number of halogens is 2. The Kier molecular flexibility index (Phi) is 6.29. The normalized spacial score (nSPS) is 13.4. The van der Waals surface area contributed by atoms with Crippen molar-refractivity contribution in [2.75, 3.05) is 0 Å². The predicted molar refractivity (Wildman–Crippen MR) is 79.1 cm³/mol. The summed E-state index contributed by atoms with van der Waals surface area (Å²) in [5.41, 5.74) is 0. The minimum atomic E-state index is -1.07. The van der Waals surface area contributed by atoms with E-state index in [9.17, 15) is 9.59 Å². The summed E-state index contributed by atoms with van der Waals surface area (Å²) in [6.07, 6.45) is -0.515. The van der Waals surface area contributed by atoms with Gasteiger partial charge in [-0.25, -0.2) is 4.79 Å². The van der Waals surface area contributed by atoms with Gasteiger partial charge in [0, 0.05) is 5.02 Å². The number of ether oxygens (including phenoxy) is 1. The van der Waals surface area contributed by atoms with E-state index < -0.39 is 24.0 Å². The van der Waals surface area contributed by atoms with Gasteiger partial charge in [-0.2, -0.15) is 0 Å². The van der Waals surface area contributed by atoms with Gasteiger partial charge < -0.3 is 15.2 Å². The van der Waals surface area contributed by atoms with Crippen LogP contribution < -0.4 is 10.1 Å². The average Bonchev–Trinajstić information content (AvgIpc) is 2.38. The fourth-order valence-corrected chi connectivity index (χ4v) is 2.22. The molecular weight excluding hydrogens is 350 g/mol. The Balaban J connectivity index is 2.68. The minimum Gasteiger partial charge on any atom is -0.480 e. The first kappa shape index (κ1) is 16.8. The Morgan fingerprint density at radius 3 is 2.65 bits per heavy atom. The standard InChI is InChI=1S/C13H15BrClNO4/c1-3-10(13(18)19)16-12(17)7(2)20-11-5-4-8(15)6-9(11)14/h4-7,10H,3H2,1-2H3,(H,16,17)(H,18,19)/t7?,10-/m0/s1. The highest BCUT2D eigenvalue weighted by Gasteiger charge is 2.22. The van der Waals surface area contributed by atoms with Crippen molar-refractivity contribution < 1.29 is 19.4 Å². The Morgan fingerprint density at radius 1 is 1.50 bits per heavy atom. The number of rotatable bonds is 6. The first-order valence-corrected chi connectivity index (χ1v) is 7.17. The molecule has 110 valence electrons. The zero-order valence-electron chi connectivity index (χ0n) is 11.0. The number of benzene rings is 1. The number of nitrogens with one attached hydrogen (secondary N) is 1. The molecule has 2 atom stereocenters. The molecule has 0 spiro atoms. The lowest BCUT2D eigenvalue weighted by Crippen LogP contribution is -2.45. The first-order valence-electron chi connectivity index (χ1n) is 6.00. The van der Waals surface area contributed by atoms with Crippen LogP contribution in [-0.4, -0.2) is 29.1 Å². The predicted octanol–water partition coefficient (Wildman–Crippen LogP) is 2.85. The third-order valence-corrected chi connectivity index (χ3v) is 3.44. The molecule has 1 aromatic rings. The molecule has 20 heavy (non-hydrogen) atoms. The summed E-state index contributed by atoms with van der Waals surface area (Å²) in [5, 5.41) is 11.8. The van der Waals surface area contributed by atoms with Crippen molar-refractivity contribution in [2.24, 2.45) is 0 Å². The molecule has 0 aliphatic heterocycles. The van der Waals surface area contributed by atoms with Crippen LogP contribution in [-0.2, 0) is 9.59 Å². The number of aliphatic carboxylic acids is 1. The summed E-state index contributed by atoms with van der Waals surface area (Å²) in [7, 11) is 0. The second-order valence-electron chi connectivity index (χ2n) is 4.14. The molecule has 5 nitrogen and oxygen atoms in total. The van der Waals surface area contributed by atoms with E-state index in [-0.39, 0.29) is 0 Å². The molecule has 1 aromatic carbocycles. The van der Waals surface area contributed by atoms with E-state index in [1.54, 1.807) is 32.0 Å². The van der Waals surface area contributed by atoms with Gasteiger partial charge in [0.15, 0.2) is 6.10 Å². The zero-order chi connectivity index (χ0) is 15.3. The highest BCUT2D eigenvalue weighted by Crippen LogP contribution is 2.28. The quantitative estimate of drug-likeness (QED) is 0.814. The van der Waals surface area contributed by atoms with Crippen LogP contribution in [0.1, 0.15) is 20.3 Å². The molecule has 0 radical (unpaired) electrons. The number of hydrogen-bond acceptors (Lipinski definition) is 3. The number of carboxylic acids is 1. The summed E-state index contributed by atoms with van der Waals surface area (Å²) in [4.78, 5) is 22.7. The molecule has 0 bridgehead atoms. The van der Waals surface area contributed by atoms with Crippen molar-refractivity contribution in [2.45, 2.75) is 32.4 Å². The van der Waals surface area contributed by atoms with Crippen molar-refractivity contribution in [3.63, 3.8) is 0 Å². The van der Waals surface area contributed by atoms with Crippen LogP contribution in [0.25, 0.3) is 0 Å². The molecule has 0 heterocycles. The highest BCUT2D eigenvalue weighted by atomic mass is 79.9. The molecule has 1 rings (SSSR count).